The number of ether oxygens (including phenoxy) is 4. The lowest BCUT2D eigenvalue weighted by Gasteiger charge is -2.21. The number of unbranched alkanes of at least 4 members (excludes halogenated alkanes) is 41. The molecule has 0 aliphatic heterocycles. The number of hydrogen-bond donors (Lipinski definition) is 3. The third-order valence-corrected chi connectivity index (χ3v) is 19.9. The average Bonchev–Trinajstić information content (AvgIpc) is 2.00. The molecular formula is C76H148O17P2. The van der Waals surface area contributed by atoms with Gasteiger partial charge >= 0.3 is 39.5 Å². The van der Waals surface area contributed by atoms with Gasteiger partial charge in [0.2, 0.25) is 0 Å². The highest BCUT2D eigenvalue weighted by Crippen LogP contribution is 2.45. The molecule has 3 unspecified atom stereocenters. The van der Waals surface area contributed by atoms with Gasteiger partial charge < -0.3 is 33.8 Å². The molecule has 0 aromatic rings. The van der Waals surface area contributed by atoms with Crippen molar-refractivity contribution in [3.63, 3.8) is 0 Å². The van der Waals surface area contributed by atoms with Crippen LogP contribution in [0.2, 0.25) is 0 Å². The van der Waals surface area contributed by atoms with Gasteiger partial charge in [-0.2, -0.15) is 0 Å². The Labute approximate surface area is 581 Å². The normalized spacial score (nSPS) is 14.4. The molecule has 95 heavy (non-hydrogen) atoms. The number of phosphoric acid groups is 2. The molecule has 19 heteroatoms. The smallest absolute Gasteiger partial charge is 0.462 e. The second-order valence-electron chi connectivity index (χ2n) is 28.6. The highest BCUT2D eigenvalue weighted by atomic mass is 31.2. The maximum Gasteiger partial charge on any atom is 0.472 e. The summed E-state index contributed by atoms with van der Waals surface area (Å²) in [5.41, 5.74) is 0. The zero-order valence-electron chi connectivity index (χ0n) is 62.1. The van der Waals surface area contributed by atoms with Crippen molar-refractivity contribution in [3.05, 3.63) is 0 Å². The van der Waals surface area contributed by atoms with Crippen LogP contribution >= 0.6 is 15.6 Å². The first kappa shape index (κ1) is 93.1. The van der Waals surface area contributed by atoms with Crippen molar-refractivity contribution in [2.45, 2.75) is 407 Å². The van der Waals surface area contributed by atoms with Crippen LogP contribution in [0.1, 0.15) is 389 Å². The Morgan fingerprint density at radius 1 is 0.305 bits per heavy atom. The Balaban J connectivity index is 5.27. The number of carbonyl (C=O) groups excluding carboxylic acids is 4. The molecule has 0 spiro atoms. The maximum atomic E-state index is 13.1. The van der Waals surface area contributed by atoms with E-state index in [0.29, 0.717) is 25.7 Å². The number of hydrogen-bond acceptors (Lipinski definition) is 15. The molecule has 0 bridgehead atoms. The van der Waals surface area contributed by atoms with E-state index in [1.165, 1.54) is 199 Å². The molecule has 0 aromatic carbocycles. The summed E-state index contributed by atoms with van der Waals surface area (Å²) in [4.78, 5) is 72.8. The third-order valence-electron chi connectivity index (χ3n) is 18.0. The molecule has 0 aliphatic rings. The van der Waals surface area contributed by atoms with Crippen LogP contribution in [-0.2, 0) is 65.4 Å². The van der Waals surface area contributed by atoms with Gasteiger partial charge in [0.25, 0.3) is 0 Å². The number of aliphatic hydroxyl groups is 1. The maximum absolute atomic E-state index is 13.1. The predicted octanol–water partition coefficient (Wildman–Crippen LogP) is 22.2. The molecule has 0 fully saturated rings. The summed E-state index contributed by atoms with van der Waals surface area (Å²) >= 11 is 0. The van der Waals surface area contributed by atoms with Crippen LogP contribution in [-0.4, -0.2) is 96.7 Å². The zero-order chi connectivity index (χ0) is 70.1. The molecule has 0 radical (unpaired) electrons. The Kier molecular flexibility index (Phi) is 65.2. The molecule has 0 aromatic heterocycles. The average molecular weight is 1400 g/mol. The van der Waals surface area contributed by atoms with E-state index in [9.17, 15) is 43.2 Å². The SMILES string of the molecule is CCCCCCCCCCCCCCC(=O)OC[C@H](COP(=O)(O)OC[C@H](O)COP(=O)(O)OC[C@@H](COC(=O)CCCCCCCCCCCCCCC(C)C)OC(=O)CCCCCCCCCCCCCCCC(C)C)OC(=O)CCCCCCCCCCC(C)CC. The predicted molar refractivity (Wildman–Crippen MR) is 386 cm³/mol. The van der Waals surface area contributed by atoms with E-state index >= 15 is 0 Å². The molecule has 6 atom stereocenters. The monoisotopic (exact) mass is 1400 g/mol. The number of esters is 4. The van der Waals surface area contributed by atoms with Gasteiger partial charge in [-0.1, -0.05) is 337 Å². The molecule has 0 heterocycles. The number of rotatable bonds is 74. The van der Waals surface area contributed by atoms with Crippen LogP contribution in [0.3, 0.4) is 0 Å². The largest absolute Gasteiger partial charge is 0.472 e. The van der Waals surface area contributed by atoms with Crippen molar-refractivity contribution < 1.29 is 80.2 Å². The Hall–Kier alpha value is -1.94. The first-order valence-electron chi connectivity index (χ1n) is 39.4. The van der Waals surface area contributed by atoms with Crippen LogP contribution in [0.15, 0.2) is 0 Å². The van der Waals surface area contributed by atoms with Crippen LogP contribution in [0.5, 0.6) is 0 Å². The summed E-state index contributed by atoms with van der Waals surface area (Å²) < 4.78 is 68.6. The quantitative estimate of drug-likeness (QED) is 0.0222. The van der Waals surface area contributed by atoms with Crippen molar-refractivity contribution >= 4 is 39.5 Å². The van der Waals surface area contributed by atoms with Crippen LogP contribution in [0, 0.1) is 17.8 Å². The van der Waals surface area contributed by atoms with Gasteiger partial charge in [-0.05, 0) is 43.4 Å². The van der Waals surface area contributed by atoms with E-state index < -0.39 is 97.5 Å². The fourth-order valence-electron chi connectivity index (χ4n) is 11.6. The van der Waals surface area contributed by atoms with E-state index in [0.717, 1.165) is 108 Å². The van der Waals surface area contributed by atoms with Gasteiger partial charge in [0.05, 0.1) is 26.4 Å². The minimum atomic E-state index is -4.96. The molecule has 17 nitrogen and oxygen atoms in total. The summed E-state index contributed by atoms with van der Waals surface area (Å²) in [5, 5.41) is 10.6. The van der Waals surface area contributed by atoms with Crippen LogP contribution in [0.25, 0.3) is 0 Å². The van der Waals surface area contributed by atoms with Gasteiger partial charge in [0, 0.05) is 25.7 Å². The first-order chi connectivity index (χ1) is 45.8. The van der Waals surface area contributed by atoms with Crippen molar-refractivity contribution in [3.8, 4) is 0 Å². The van der Waals surface area contributed by atoms with Crippen molar-refractivity contribution in [2.24, 2.45) is 17.8 Å². The van der Waals surface area contributed by atoms with Crippen LogP contribution < -0.4 is 0 Å². The molecule has 0 rings (SSSR count). The Morgan fingerprint density at radius 3 is 0.800 bits per heavy atom. The summed E-state index contributed by atoms with van der Waals surface area (Å²) in [5.74, 6) is 0.221. The molecule has 0 aliphatic carbocycles. The van der Waals surface area contributed by atoms with E-state index in [2.05, 4.69) is 48.5 Å². The summed E-state index contributed by atoms with van der Waals surface area (Å²) in [7, 11) is -9.91. The molecule has 0 saturated carbocycles. The first-order valence-corrected chi connectivity index (χ1v) is 42.4. The fourth-order valence-corrected chi connectivity index (χ4v) is 13.1. The standard InChI is InChI=1S/C76H148O17P2/c1-8-10-11-12-13-14-15-23-28-36-43-50-57-73(78)87-64-72(93-76(81)60-53-46-39-32-31-35-42-49-56-69(7)9-2)66-91-95(84,85)89-62-70(77)61-88-94(82,83)90-65-71(63-86-74(79)58-51-44-37-29-24-20-19-22-27-34-41-48-55-68(5)6)92-75(80)59-52-45-38-30-25-18-16-17-21-26-33-40-47-54-67(3)4/h67-72,77H,8-66H2,1-7H3,(H,82,83)(H,84,85)/t69?,70-,71-,72-/m1/s1. The minimum absolute atomic E-state index is 0.105. The molecule has 0 amide bonds. The Bertz CT molecular complexity index is 1850. The Morgan fingerprint density at radius 2 is 0.537 bits per heavy atom. The number of aliphatic hydroxyl groups excluding tert-OH is 1. The van der Waals surface area contributed by atoms with Crippen LogP contribution in [0.4, 0.5) is 0 Å². The van der Waals surface area contributed by atoms with E-state index in [-0.39, 0.29) is 25.7 Å². The molecule has 3 N–H and O–H groups in total. The second kappa shape index (κ2) is 66.6. The van der Waals surface area contributed by atoms with Crippen molar-refractivity contribution in [2.75, 3.05) is 39.6 Å². The second-order valence-corrected chi connectivity index (χ2v) is 31.5. The van der Waals surface area contributed by atoms with Gasteiger partial charge in [0.1, 0.15) is 19.3 Å². The van der Waals surface area contributed by atoms with Crippen molar-refractivity contribution in [1.82, 2.24) is 0 Å². The zero-order valence-corrected chi connectivity index (χ0v) is 63.9. The van der Waals surface area contributed by atoms with Crippen molar-refractivity contribution in [1.29, 1.82) is 0 Å². The lowest BCUT2D eigenvalue weighted by atomic mass is 9.99. The lowest BCUT2D eigenvalue weighted by Crippen LogP contribution is -2.30. The number of carbonyl (C=O) groups is 4. The fraction of sp³-hybridized carbons (Fsp3) is 0.947. The minimum Gasteiger partial charge on any atom is -0.462 e. The van der Waals surface area contributed by atoms with Gasteiger partial charge in [0.15, 0.2) is 12.2 Å². The lowest BCUT2D eigenvalue weighted by molar-refractivity contribution is -0.161. The highest BCUT2D eigenvalue weighted by molar-refractivity contribution is 7.47. The molecule has 564 valence electrons. The summed E-state index contributed by atoms with van der Waals surface area (Å²) in [6, 6.07) is 0. The molecule has 0 saturated heterocycles. The molecular weight excluding hydrogens is 1250 g/mol. The highest BCUT2D eigenvalue weighted by Gasteiger charge is 2.30. The number of phosphoric ester groups is 2. The van der Waals surface area contributed by atoms with E-state index in [1.807, 2.05) is 0 Å². The van der Waals surface area contributed by atoms with E-state index in [1.54, 1.807) is 0 Å². The third kappa shape index (κ3) is 69.0. The topological polar surface area (TPSA) is 237 Å². The van der Waals surface area contributed by atoms with Gasteiger partial charge in [-0.3, -0.25) is 37.3 Å². The van der Waals surface area contributed by atoms with Gasteiger partial charge in [-0.15, -0.1) is 0 Å². The van der Waals surface area contributed by atoms with Gasteiger partial charge in [-0.25, -0.2) is 9.13 Å². The van der Waals surface area contributed by atoms with E-state index in [4.69, 9.17) is 37.0 Å². The summed E-state index contributed by atoms with van der Waals surface area (Å²) in [6.07, 6.45) is 52.5. The summed E-state index contributed by atoms with van der Waals surface area (Å²) in [6.45, 7) is 11.9.